The van der Waals surface area contributed by atoms with Gasteiger partial charge in [0.2, 0.25) is 0 Å². The number of rotatable bonds is 57. The summed E-state index contributed by atoms with van der Waals surface area (Å²) in [5, 5.41) is 9.73. The fourth-order valence-corrected chi connectivity index (χ4v) is 8.09. The Morgan fingerprint density at radius 3 is 0.964 bits per heavy atom. The third-order valence-electron chi connectivity index (χ3n) is 13.0. The van der Waals surface area contributed by atoms with Gasteiger partial charge in [0.25, 0.3) is 6.29 Å². The zero-order chi connectivity index (χ0) is 60.5. The van der Waals surface area contributed by atoms with Crippen LogP contribution in [0, 0.1) is 0 Å². The van der Waals surface area contributed by atoms with Gasteiger partial charge in [-0.15, -0.1) is 0 Å². The van der Waals surface area contributed by atoms with E-state index in [9.17, 15) is 19.5 Å². The molecule has 0 aliphatic carbocycles. The molecule has 0 spiro atoms. The lowest BCUT2D eigenvalue weighted by Gasteiger charge is -2.25. The number of unbranched alkanes of at least 4 members (excludes halogenated alkanes) is 14. The molecule has 466 valence electrons. The van der Waals surface area contributed by atoms with E-state index < -0.39 is 24.3 Å². The number of carboxylic acids is 1. The van der Waals surface area contributed by atoms with Gasteiger partial charge in [-0.1, -0.05) is 248 Å². The summed E-state index contributed by atoms with van der Waals surface area (Å²) < 4.78 is 22.9. The van der Waals surface area contributed by atoms with Crippen molar-refractivity contribution in [2.24, 2.45) is 0 Å². The molecule has 0 saturated carbocycles. The lowest BCUT2D eigenvalue weighted by Crippen LogP contribution is -2.40. The molecule has 0 aromatic carbocycles. The molecule has 1 N–H and O–H groups in total. The Morgan fingerprint density at radius 1 is 0.361 bits per heavy atom. The molecule has 0 aliphatic heterocycles. The van der Waals surface area contributed by atoms with Crippen LogP contribution in [0.15, 0.2) is 170 Å². The van der Waals surface area contributed by atoms with E-state index >= 15 is 0 Å². The topological polar surface area (TPSA) is 108 Å². The molecule has 83 heavy (non-hydrogen) atoms. The summed E-state index contributed by atoms with van der Waals surface area (Å²) in [6, 6.07) is 0. The molecule has 9 heteroatoms. The zero-order valence-corrected chi connectivity index (χ0v) is 53.0. The quantitative estimate of drug-likeness (QED) is 0.0211. The van der Waals surface area contributed by atoms with Gasteiger partial charge in [0.1, 0.15) is 13.2 Å². The molecular formula is C74H118NO8+. The lowest BCUT2D eigenvalue weighted by atomic mass is 10.1. The highest BCUT2D eigenvalue weighted by Gasteiger charge is 2.25. The Hall–Kier alpha value is -5.35. The van der Waals surface area contributed by atoms with Crippen molar-refractivity contribution in [1.82, 2.24) is 0 Å². The highest BCUT2D eigenvalue weighted by atomic mass is 16.7. The van der Waals surface area contributed by atoms with Crippen LogP contribution >= 0.6 is 0 Å². The van der Waals surface area contributed by atoms with Crippen LogP contribution in [-0.2, 0) is 33.3 Å². The van der Waals surface area contributed by atoms with Gasteiger partial charge in [-0.25, -0.2) is 4.79 Å². The minimum Gasteiger partial charge on any atom is -0.477 e. The lowest BCUT2D eigenvalue weighted by molar-refractivity contribution is -0.870. The van der Waals surface area contributed by atoms with E-state index in [1.54, 1.807) is 0 Å². The number of hydrogen-bond donors (Lipinski definition) is 1. The normalized spacial score (nSPS) is 13.9. The van der Waals surface area contributed by atoms with Crippen LogP contribution in [0.25, 0.3) is 0 Å². The fourth-order valence-electron chi connectivity index (χ4n) is 8.09. The molecule has 0 heterocycles. The average Bonchev–Trinajstić information content (AvgIpc) is 3.47. The van der Waals surface area contributed by atoms with Crippen molar-refractivity contribution in [2.45, 2.75) is 232 Å². The van der Waals surface area contributed by atoms with Crippen molar-refractivity contribution < 1.29 is 42.9 Å². The molecular weight excluding hydrogens is 1030 g/mol. The minimum absolute atomic E-state index is 0.173. The Balaban J connectivity index is 4.30. The molecule has 0 radical (unpaired) electrons. The van der Waals surface area contributed by atoms with Gasteiger partial charge in [-0.2, -0.15) is 0 Å². The van der Waals surface area contributed by atoms with Crippen LogP contribution in [0.2, 0.25) is 0 Å². The standard InChI is InChI=1S/C74H117NO8/c1-6-8-10-12-14-16-18-20-22-24-26-28-30-32-34-36-38-40-42-44-46-48-50-52-54-56-58-60-62-64-71(76)81-68-70(69-82-74(73(78)79)80-67-66-75(3,4)5)83-72(77)65-63-61-59-57-55-53-51-49-47-45-43-41-39-37-35-33-31-29-27-25-23-21-19-17-15-13-11-9-7-2/h8-11,14-17,20-23,26-29,32-35,38-41,44-47,70,74H,6-7,12-13,18-19,24-25,30-31,36-37,42-43,48-69H2,1-5H3/p+1/b10-8-,11-9-,16-14-,17-15-,22-20-,23-21-,28-26-,29-27-,34-32-,35-33-,40-38-,41-39-,46-44-,47-45-. The highest BCUT2D eigenvalue weighted by Crippen LogP contribution is 2.14. The predicted octanol–water partition coefficient (Wildman–Crippen LogP) is 19.9. The van der Waals surface area contributed by atoms with Crippen molar-refractivity contribution in [1.29, 1.82) is 0 Å². The number of ether oxygens (including phenoxy) is 4. The number of esters is 2. The molecule has 9 nitrogen and oxygen atoms in total. The Kier molecular flexibility index (Phi) is 58.6. The summed E-state index contributed by atoms with van der Waals surface area (Å²) in [5.74, 6) is -2.06. The summed E-state index contributed by atoms with van der Waals surface area (Å²) in [6.07, 6.45) is 91.5. The first-order valence-corrected chi connectivity index (χ1v) is 32.3. The monoisotopic (exact) mass is 1150 g/mol. The zero-order valence-electron chi connectivity index (χ0n) is 53.0. The maximum absolute atomic E-state index is 12.9. The van der Waals surface area contributed by atoms with Crippen LogP contribution in [0.3, 0.4) is 0 Å². The number of hydrogen-bond acceptors (Lipinski definition) is 7. The highest BCUT2D eigenvalue weighted by molar-refractivity contribution is 5.71. The van der Waals surface area contributed by atoms with E-state index in [0.717, 1.165) is 148 Å². The van der Waals surface area contributed by atoms with Crippen molar-refractivity contribution >= 4 is 17.9 Å². The Bertz CT molecular complexity index is 1960. The van der Waals surface area contributed by atoms with E-state index in [-0.39, 0.29) is 38.6 Å². The molecule has 0 amide bonds. The summed E-state index contributed by atoms with van der Waals surface area (Å²) in [7, 11) is 5.95. The number of likely N-dealkylation sites (N-methyl/N-ethyl adjacent to an activating group) is 1. The van der Waals surface area contributed by atoms with Gasteiger partial charge in [0, 0.05) is 12.8 Å². The second-order valence-corrected chi connectivity index (χ2v) is 22.0. The number of nitrogens with zero attached hydrogens (tertiary/aromatic N) is 1. The maximum atomic E-state index is 12.9. The Morgan fingerprint density at radius 2 is 0.651 bits per heavy atom. The fraction of sp³-hybridized carbons (Fsp3) is 0.581. The van der Waals surface area contributed by atoms with Gasteiger partial charge >= 0.3 is 17.9 Å². The number of carbonyl (C=O) groups excluding carboxylic acids is 2. The smallest absolute Gasteiger partial charge is 0.361 e. The molecule has 0 bridgehead atoms. The van der Waals surface area contributed by atoms with E-state index in [1.807, 2.05) is 21.1 Å². The molecule has 0 saturated heterocycles. The summed E-state index contributed by atoms with van der Waals surface area (Å²) >= 11 is 0. The van der Waals surface area contributed by atoms with Crippen LogP contribution in [-0.4, -0.2) is 87.4 Å². The van der Waals surface area contributed by atoms with E-state index in [1.165, 1.54) is 38.5 Å². The number of carbonyl (C=O) groups is 3. The van der Waals surface area contributed by atoms with Crippen LogP contribution in [0.5, 0.6) is 0 Å². The number of quaternary nitrogens is 1. The molecule has 2 unspecified atom stereocenters. The molecule has 0 rings (SSSR count). The third kappa shape index (κ3) is 64.1. The summed E-state index contributed by atoms with van der Waals surface area (Å²) in [6.45, 7) is 4.60. The van der Waals surface area contributed by atoms with Gasteiger partial charge in [0.05, 0.1) is 34.4 Å². The number of aliphatic carboxylic acids is 1. The van der Waals surface area contributed by atoms with Crippen LogP contribution < -0.4 is 0 Å². The van der Waals surface area contributed by atoms with Crippen LogP contribution in [0.1, 0.15) is 219 Å². The second-order valence-electron chi connectivity index (χ2n) is 22.0. The van der Waals surface area contributed by atoms with Gasteiger partial charge in [0.15, 0.2) is 6.10 Å². The Labute approximate surface area is 507 Å². The summed E-state index contributed by atoms with van der Waals surface area (Å²) in [5.41, 5.74) is 0. The van der Waals surface area contributed by atoms with E-state index in [2.05, 4.69) is 184 Å². The SMILES string of the molecule is CC/C=C\C/C=C\C/C=C\C/C=C\C/C=C\C/C=C\C/C=C\CCCCCCCCCC(=O)OCC(COC(OCC[N+](C)(C)C)C(=O)O)OC(=O)CCCCCCCCC/C=C\C/C=C\C/C=C\C/C=C\C/C=C\C/C=C\C/C=C\CC. The van der Waals surface area contributed by atoms with E-state index in [0.29, 0.717) is 17.4 Å². The molecule has 2 atom stereocenters. The average molecular weight is 1150 g/mol. The van der Waals surface area contributed by atoms with Crippen molar-refractivity contribution in [3.63, 3.8) is 0 Å². The van der Waals surface area contributed by atoms with Crippen molar-refractivity contribution in [3.8, 4) is 0 Å². The van der Waals surface area contributed by atoms with Crippen LogP contribution in [0.4, 0.5) is 0 Å². The van der Waals surface area contributed by atoms with Crippen molar-refractivity contribution in [2.75, 3.05) is 47.5 Å². The second kappa shape index (κ2) is 62.7. The maximum Gasteiger partial charge on any atom is 0.361 e. The van der Waals surface area contributed by atoms with Crippen molar-refractivity contribution in [3.05, 3.63) is 170 Å². The largest absolute Gasteiger partial charge is 0.477 e. The first-order valence-electron chi connectivity index (χ1n) is 32.3. The predicted molar refractivity (Wildman–Crippen MR) is 354 cm³/mol. The third-order valence-corrected chi connectivity index (χ3v) is 13.0. The van der Waals surface area contributed by atoms with Gasteiger partial charge < -0.3 is 28.5 Å². The van der Waals surface area contributed by atoms with Gasteiger partial charge in [-0.3, -0.25) is 9.59 Å². The molecule has 0 aromatic heterocycles. The van der Waals surface area contributed by atoms with Gasteiger partial charge in [-0.05, 0) is 128 Å². The number of allylic oxidation sites excluding steroid dienone is 28. The first kappa shape index (κ1) is 77.7. The first-order chi connectivity index (χ1) is 40.6. The summed E-state index contributed by atoms with van der Waals surface area (Å²) in [4.78, 5) is 37.6. The number of carboxylic acid groups (broad SMARTS) is 1. The van der Waals surface area contributed by atoms with E-state index in [4.69, 9.17) is 18.9 Å². The minimum atomic E-state index is -1.53. The molecule has 0 aromatic rings. The molecule has 0 fully saturated rings. The molecule has 0 aliphatic rings.